The summed E-state index contributed by atoms with van der Waals surface area (Å²) < 4.78 is 33.3. The molecule has 1 heterocycles. The number of benzene rings is 1. The highest BCUT2D eigenvalue weighted by Crippen LogP contribution is 2.28. The second-order valence-electron chi connectivity index (χ2n) is 4.38. The second kappa shape index (κ2) is 6.44. The number of hydrogen-bond acceptors (Lipinski definition) is 4. The van der Waals surface area contributed by atoms with Gasteiger partial charge in [0.1, 0.15) is 10.6 Å². The third-order valence-electron chi connectivity index (χ3n) is 2.67. The Kier molecular flexibility index (Phi) is 4.84. The molecule has 0 fully saturated rings. The van der Waals surface area contributed by atoms with Crippen LogP contribution in [0.5, 0.6) is 5.75 Å². The van der Waals surface area contributed by atoms with Crippen LogP contribution >= 0.6 is 15.9 Å². The molecule has 0 bridgehead atoms. The second-order valence-corrected chi connectivity index (χ2v) is 6.98. The number of nitrogens with zero attached hydrogens (tertiary/aromatic N) is 1. The van der Waals surface area contributed by atoms with Gasteiger partial charge in [-0.1, -0.05) is 6.07 Å². The topological polar surface area (TPSA) is 68.3 Å². The van der Waals surface area contributed by atoms with Gasteiger partial charge >= 0.3 is 0 Å². The molecule has 0 saturated heterocycles. The molecule has 5 nitrogen and oxygen atoms in total. The summed E-state index contributed by atoms with van der Waals surface area (Å²) in [6.45, 7) is 4.22. The van der Waals surface area contributed by atoms with Crippen LogP contribution in [-0.4, -0.2) is 20.0 Å². The van der Waals surface area contributed by atoms with Gasteiger partial charge < -0.3 is 4.74 Å². The molecule has 1 aromatic carbocycles. The molecular formula is C14H15BrN2O3S. The molecule has 0 amide bonds. The van der Waals surface area contributed by atoms with Gasteiger partial charge in [0.2, 0.25) is 0 Å². The predicted octanol–water partition coefficient (Wildman–Crippen LogP) is 3.35. The number of ether oxygens (including phenoxy) is 1. The van der Waals surface area contributed by atoms with Crippen molar-refractivity contribution in [3.63, 3.8) is 0 Å². The molecule has 21 heavy (non-hydrogen) atoms. The number of anilines is 1. The molecule has 2 rings (SSSR count). The minimum absolute atomic E-state index is 0.0832. The average molecular weight is 371 g/mol. The van der Waals surface area contributed by atoms with E-state index in [0.29, 0.717) is 22.5 Å². The third kappa shape index (κ3) is 3.95. The van der Waals surface area contributed by atoms with Gasteiger partial charge in [0, 0.05) is 16.9 Å². The van der Waals surface area contributed by atoms with E-state index in [-0.39, 0.29) is 4.90 Å². The Labute approximate surface area is 132 Å². The molecule has 7 heteroatoms. The van der Waals surface area contributed by atoms with Gasteiger partial charge in [-0.2, -0.15) is 0 Å². The fourth-order valence-electron chi connectivity index (χ4n) is 1.73. The van der Waals surface area contributed by atoms with E-state index in [0.717, 1.165) is 5.56 Å². The van der Waals surface area contributed by atoms with Crippen molar-refractivity contribution < 1.29 is 13.2 Å². The molecule has 112 valence electrons. The molecule has 1 N–H and O–H groups in total. The zero-order chi connectivity index (χ0) is 15.5. The van der Waals surface area contributed by atoms with E-state index in [2.05, 4.69) is 25.6 Å². The molecule has 0 aliphatic heterocycles. The summed E-state index contributed by atoms with van der Waals surface area (Å²) in [7, 11) is -3.71. The van der Waals surface area contributed by atoms with E-state index in [4.69, 9.17) is 4.74 Å². The molecule has 0 radical (unpaired) electrons. The Balaban J connectivity index is 2.37. The number of pyridine rings is 1. The predicted molar refractivity (Wildman–Crippen MR) is 85.1 cm³/mol. The molecule has 1 aromatic heterocycles. The summed E-state index contributed by atoms with van der Waals surface area (Å²) in [5.41, 5.74) is 1.40. The molecule has 0 saturated carbocycles. The monoisotopic (exact) mass is 370 g/mol. The van der Waals surface area contributed by atoms with Crippen molar-refractivity contribution in [3.05, 3.63) is 46.7 Å². The lowest BCUT2D eigenvalue weighted by molar-refractivity contribution is 0.342. The first-order valence-corrected chi connectivity index (χ1v) is 8.57. The maximum Gasteiger partial charge on any atom is 0.263 e. The fourth-order valence-corrected chi connectivity index (χ4v) is 3.31. The van der Waals surface area contributed by atoms with Gasteiger partial charge in [0.25, 0.3) is 10.0 Å². The minimum Gasteiger partial charge on any atom is -0.492 e. The van der Waals surface area contributed by atoms with E-state index in [1.807, 2.05) is 19.9 Å². The molecule has 0 unspecified atom stereocenters. The van der Waals surface area contributed by atoms with Gasteiger partial charge in [-0.3, -0.25) is 9.71 Å². The van der Waals surface area contributed by atoms with Crippen LogP contribution in [0.2, 0.25) is 0 Å². The Morgan fingerprint density at radius 1 is 1.29 bits per heavy atom. The van der Waals surface area contributed by atoms with Crippen molar-refractivity contribution in [1.82, 2.24) is 4.98 Å². The van der Waals surface area contributed by atoms with Crippen LogP contribution in [0.4, 0.5) is 5.69 Å². The zero-order valence-electron chi connectivity index (χ0n) is 11.6. The lowest BCUT2D eigenvalue weighted by atomic mass is 10.2. The lowest BCUT2D eigenvalue weighted by Gasteiger charge is -2.13. The Morgan fingerprint density at radius 2 is 2.05 bits per heavy atom. The summed E-state index contributed by atoms with van der Waals surface area (Å²) >= 11 is 3.21. The van der Waals surface area contributed by atoms with E-state index < -0.39 is 10.0 Å². The van der Waals surface area contributed by atoms with E-state index in [1.54, 1.807) is 12.1 Å². The summed E-state index contributed by atoms with van der Waals surface area (Å²) in [5, 5.41) is 0. The summed E-state index contributed by atoms with van der Waals surface area (Å²) in [6, 6.07) is 6.78. The molecule has 0 aliphatic carbocycles. The fraction of sp³-hybridized carbons (Fsp3) is 0.214. The number of aryl methyl sites for hydroxylation is 1. The average Bonchev–Trinajstić information content (AvgIpc) is 2.42. The van der Waals surface area contributed by atoms with Crippen molar-refractivity contribution in [3.8, 4) is 5.75 Å². The number of rotatable bonds is 5. The minimum atomic E-state index is -3.71. The number of sulfonamides is 1. The third-order valence-corrected chi connectivity index (χ3v) is 4.44. The highest BCUT2D eigenvalue weighted by atomic mass is 79.9. The molecule has 2 aromatic rings. The molecular weight excluding hydrogens is 356 g/mol. The number of hydrogen-bond donors (Lipinski definition) is 1. The van der Waals surface area contributed by atoms with Crippen LogP contribution < -0.4 is 9.46 Å². The normalized spacial score (nSPS) is 11.2. The summed E-state index contributed by atoms with van der Waals surface area (Å²) in [5.74, 6) is 0.504. The van der Waals surface area contributed by atoms with Crippen LogP contribution in [0.15, 0.2) is 46.0 Å². The maximum atomic E-state index is 12.4. The van der Waals surface area contributed by atoms with Crippen molar-refractivity contribution in [2.24, 2.45) is 0 Å². The first-order valence-electron chi connectivity index (χ1n) is 6.29. The first kappa shape index (κ1) is 15.8. The van der Waals surface area contributed by atoms with Crippen molar-refractivity contribution in [2.45, 2.75) is 18.7 Å². The van der Waals surface area contributed by atoms with Gasteiger partial charge in [0.05, 0.1) is 12.3 Å². The van der Waals surface area contributed by atoms with Crippen molar-refractivity contribution in [1.29, 1.82) is 0 Å². The largest absolute Gasteiger partial charge is 0.492 e. The zero-order valence-corrected chi connectivity index (χ0v) is 14.0. The van der Waals surface area contributed by atoms with Gasteiger partial charge in [0.15, 0.2) is 0 Å². The van der Waals surface area contributed by atoms with Crippen molar-refractivity contribution >= 4 is 31.6 Å². The Bertz CT molecular complexity index is 748. The van der Waals surface area contributed by atoms with E-state index in [9.17, 15) is 8.42 Å². The van der Waals surface area contributed by atoms with Gasteiger partial charge in [-0.15, -0.1) is 0 Å². The summed E-state index contributed by atoms with van der Waals surface area (Å²) in [6.07, 6.45) is 2.82. The van der Waals surface area contributed by atoms with Gasteiger partial charge in [-0.25, -0.2) is 8.42 Å². The van der Waals surface area contributed by atoms with Crippen LogP contribution in [0.25, 0.3) is 0 Å². The highest BCUT2D eigenvalue weighted by Gasteiger charge is 2.17. The molecule has 0 atom stereocenters. The number of aromatic nitrogens is 1. The van der Waals surface area contributed by atoms with Crippen molar-refractivity contribution in [2.75, 3.05) is 11.3 Å². The number of halogens is 1. The Morgan fingerprint density at radius 3 is 2.71 bits per heavy atom. The standard InChI is InChI=1S/C14H15BrN2O3S/c1-3-20-14-6-10(2)4-5-13(14)17-21(18,19)12-7-11(15)8-16-9-12/h4-9,17H,3H2,1-2H3. The summed E-state index contributed by atoms with van der Waals surface area (Å²) in [4.78, 5) is 3.95. The van der Waals surface area contributed by atoms with E-state index in [1.165, 1.54) is 18.5 Å². The quantitative estimate of drug-likeness (QED) is 0.875. The molecule has 0 aliphatic rings. The van der Waals surface area contributed by atoms with Crippen LogP contribution in [0, 0.1) is 6.92 Å². The lowest BCUT2D eigenvalue weighted by Crippen LogP contribution is -2.14. The van der Waals surface area contributed by atoms with Gasteiger partial charge in [-0.05, 0) is 53.5 Å². The SMILES string of the molecule is CCOc1cc(C)ccc1NS(=O)(=O)c1cncc(Br)c1. The highest BCUT2D eigenvalue weighted by molar-refractivity contribution is 9.10. The first-order chi connectivity index (χ1) is 9.92. The maximum absolute atomic E-state index is 12.4. The van der Waals surface area contributed by atoms with E-state index >= 15 is 0 Å². The molecule has 0 spiro atoms. The van der Waals surface area contributed by atoms with Crippen LogP contribution in [0.1, 0.15) is 12.5 Å². The smallest absolute Gasteiger partial charge is 0.263 e. The van der Waals surface area contributed by atoms with Crippen LogP contribution in [0.3, 0.4) is 0 Å². The number of nitrogens with one attached hydrogen (secondary N) is 1. The van der Waals surface area contributed by atoms with Crippen LogP contribution in [-0.2, 0) is 10.0 Å². The Hall–Kier alpha value is -1.60.